The Hall–Kier alpha value is -0.570. The molecule has 0 amide bonds. The van der Waals surface area contributed by atoms with Gasteiger partial charge in [0.25, 0.3) is 0 Å². The summed E-state index contributed by atoms with van der Waals surface area (Å²) in [6.45, 7) is 6.06. The summed E-state index contributed by atoms with van der Waals surface area (Å²) < 4.78 is 0. The zero-order valence-electron chi connectivity index (χ0n) is 11.4. The van der Waals surface area contributed by atoms with E-state index >= 15 is 0 Å². The molecular formula is C14H29N3. The maximum absolute atomic E-state index is 7.19. The highest BCUT2D eigenvalue weighted by Gasteiger charge is 2.15. The van der Waals surface area contributed by atoms with Crippen LogP contribution in [0.1, 0.15) is 58.3 Å². The number of hydrogen-bond acceptors (Lipinski definition) is 2. The van der Waals surface area contributed by atoms with Crippen LogP contribution in [0.5, 0.6) is 0 Å². The second kappa shape index (κ2) is 8.51. The molecule has 1 rings (SSSR count). The van der Waals surface area contributed by atoms with E-state index < -0.39 is 0 Å². The summed E-state index contributed by atoms with van der Waals surface area (Å²) in [7, 11) is 0. The van der Waals surface area contributed by atoms with Crippen LogP contribution in [0.3, 0.4) is 0 Å². The first-order valence-electron chi connectivity index (χ1n) is 7.27. The summed E-state index contributed by atoms with van der Waals surface area (Å²) in [5.41, 5.74) is 5.36. The van der Waals surface area contributed by atoms with Gasteiger partial charge in [-0.15, -0.1) is 0 Å². The third-order valence-corrected chi connectivity index (χ3v) is 3.81. The summed E-state index contributed by atoms with van der Waals surface area (Å²) in [5, 5.41) is 7.19. The molecule has 1 aliphatic rings. The molecule has 1 saturated heterocycles. The van der Waals surface area contributed by atoms with Crippen molar-refractivity contribution < 1.29 is 0 Å². The van der Waals surface area contributed by atoms with Crippen LogP contribution in [0.15, 0.2) is 0 Å². The van der Waals surface area contributed by atoms with Gasteiger partial charge < -0.3 is 10.6 Å². The Morgan fingerprint density at radius 1 is 1.29 bits per heavy atom. The maximum Gasteiger partial charge on any atom is 0.0905 e. The lowest BCUT2D eigenvalue weighted by Gasteiger charge is -2.19. The number of hydrogen-bond donors (Lipinski definition) is 2. The van der Waals surface area contributed by atoms with E-state index in [0.717, 1.165) is 18.8 Å². The van der Waals surface area contributed by atoms with Crippen molar-refractivity contribution in [1.82, 2.24) is 4.90 Å². The largest absolute Gasteiger partial charge is 0.388 e. The summed E-state index contributed by atoms with van der Waals surface area (Å²) in [5.74, 6) is 1.31. The molecule has 1 atom stereocenters. The van der Waals surface area contributed by atoms with Gasteiger partial charge in [-0.3, -0.25) is 5.41 Å². The Morgan fingerprint density at radius 3 is 2.82 bits per heavy atom. The number of rotatable bonds is 7. The van der Waals surface area contributed by atoms with Crippen molar-refractivity contribution in [2.45, 2.75) is 58.3 Å². The molecule has 3 heteroatoms. The van der Waals surface area contributed by atoms with Gasteiger partial charge in [0.1, 0.15) is 0 Å². The molecule has 3 N–H and O–H groups in total. The topological polar surface area (TPSA) is 53.1 Å². The van der Waals surface area contributed by atoms with Crippen LogP contribution in [0.4, 0.5) is 0 Å². The van der Waals surface area contributed by atoms with Crippen LogP contribution in [0.25, 0.3) is 0 Å². The minimum atomic E-state index is 0.337. The van der Waals surface area contributed by atoms with E-state index in [-0.39, 0.29) is 0 Å². The van der Waals surface area contributed by atoms with Gasteiger partial charge in [-0.05, 0) is 57.7 Å². The van der Waals surface area contributed by atoms with Gasteiger partial charge in [-0.1, -0.05) is 19.8 Å². The normalized spacial score (nSPS) is 22.3. The van der Waals surface area contributed by atoms with Gasteiger partial charge in [0.15, 0.2) is 0 Å². The molecule has 1 aliphatic heterocycles. The molecule has 0 saturated carbocycles. The molecule has 0 aromatic carbocycles. The molecule has 1 fully saturated rings. The minimum Gasteiger partial charge on any atom is -0.388 e. The minimum absolute atomic E-state index is 0.337. The highest BCUT2D eigenvalue weighted by atomic mass is 15.1. The van der Waals surface area contributed by atoms with Crippen LogP contribution in [-0.2, 0) is 0 Å². The van der Waals surface area contributed by atoms with Crippen LogP contribution < -0.4 is 5.73 Å². The zero-order chi connectivity index (χ0) is 12.5. The lowest BCUT2D eigenvalue weighted by Crippen LogP contribution is -2.26. The van der Waals surface area contributed by atoms with Crippen molar-refractivity contribution in [3.05, 3.63) is 0 Å². The number of unbranched alkanes of at least 4 members (excludes halogenated alkanes) is 1. The van der Waals surface area contributed by atoms with E-state index in [1.807, 2.05) is 0 Å². The lowest BCUT2D eigenvalue weighted by molar-refractivity contribution is 0.274. The van der Waals surface area contributed by atoms with E-state index in [9.17, 15) is 0 Å². The smallest absolute Gasteiger partial charge is 0.0905 e. The predicted molar refractivity (Wildman–Crippen MR) is 74.5 cm³/mol. The molecular weight excluding hydrogens is 210 g/mol. The molecule has 0 bridgehead atoms. The third-order valence-electron chi connectivity index (χ3n) is 3.81. The first kappa shape index (κ1) is 14.5. The van der Waals surface area contributed by atoms with E-state index in [2.05, 4.69) is 11.8 Å². The average molecular weight is 239 g/mol. The van der Waals surface area contributed by atoms with Crippen molar-refractivity contribution in [2.24, 2.45) is 11.7 Å². The predicted octanol–water partition coefficient (Wildman–Crippen LogP) is 2.99. The molecule has 1 unspecified atom stereocenters. The number of likely N-dealkylation sites (tertiary alicyclic amines) is 1. The number of nitrogens with two attached hydrogens (primary N) is 1. The quantitative estimate of drug-likeness (QED) is 0.408. The molecule has 0 aromatic heterocycles. The fraction of sp³-hybridized carbons (Fsp3) is 0.929. The molecule has 0 spiro atoms. The molecule has 0 radical (unpaired) electrons. The summed E-state index contributed by atoms with van der Waals surface area (Å²) in [6, 6.07) is 0. The number of amidine groups is 1. The van der Waals surface area contributed by atoms with E-state index in [4.69, 9.17) is 11.1 Å². The van der Waals surface area contributed by atoms with Crippen molar-refractivity contribution in [3.8, 4) is 0 Å². The second-order valence-electron chi connectivity index (χ2n) is 5.41. The standard InChI is InChI=1S/C14H29N3/c1-2-6-13-7-5-11-17(12-9-13)10-4-3-8-14(15)16/h13H,2-12H2,1H3,(H3,15,16). The summed E-state index contributed by atoms with van der Waals surface area (Å²) in [4.78, 5) is 2.61. The van der Waals surface area contributed by atoms with Gasteiger partial charge in [-0.2, -0.15) is 0 Å². The SMILES string of the molecule is CCCC1CCCN(CCCCC(=N)N)CC1. The number of nitrogens with zero attached hydrogens (tertiary/aromatic N) is 1. The Kier molecular flexibility index (Phi) is 7.25. The van der Waals surface area contributed by atoms with E-state index in [0.29, 0.717) is 5.84 Å². The van der Waals surface area contributed by atoms with Crippen LogP contribution >= 0.6 is 0 Å². The Labute approximate surface area is 106 Å². The average Bonchev–Trinajstić information content (AvgIpc) is 2.51. The van der Waals surface area contributed by atoms with Crippen LogP contribution in [0, 0.1) is 11.3 Å². The highest BCUT2D eigenvalue weighted by Crippen LogP contribution is 2.21. The van der Waals surface area contributed by atoms with Crippen LogP contribution in [0.2, 0.25) is 0 Å². The maximum atomic E-state index is 7.19. The van der Waals surface area contributed by atoms with Crippen LogP contribution in [-0.4, -0.2) is 30.4 Å². The van der Waals surface area contributed by atoms with Gasteiger partial charge in [0.2, 0.25) is 0 Å². The molecule has 3 nitrogen and oxygen atoms in total. The molecule has 0 aliphatic carbocycles. The Morgan fingerprint density at radius 2 is 2.12 bits per heavy atom. The fourth-order valence-electron chi connectivity index (χ4n) is 2.80. The first-order chi connectivity index (χ1) is 8.22. The van der Waals surface area contributed by atoms with Gasteiger partial charge in [0, 0.05) is 6.42 Å². The lowest BCUT2D eigenvalue weighted by atomic mass is 9.96. The van der Waals surface area contributed by atoms with E-state index in [1.54, 1.807) is 0 Å². The van der Waals surface area contributed by atoms with Crippen molar-refractivity contribution in [2.75, 3.05) is 19.6 Å². The van der Waals surface area contributed by atoms with Gasteiger partial charge in [-0.25, -0.2) is 0 Å². The molecule has 17 heavy (non-hydrogen) atoms. The Balaban J connectivity index is 2.11. The Bertz CT molecular complexity index is 216. The second-order valence-corrected chi connectivity index (χ2v) is 5.41. The van der Waals surface area contributed by atoms with Crippen molar-refractivity contribution >= 4 is 5.84 Å². The van der Waals surface area contributed by atoms with Crippen molar-refractivity contribution in [3.63, 3.8) is 0 Å². The fourth-order valence-corrected chi connectivity index (χ4v) is 2.80. The number of nitrogens with one attached hydrogen (secondary N) is 1. The molecule has 0 aromatic rings. The summed E-state index contributed by atoms with van der Waals surface area (Å²) >= 11 is 0. The van der Waals surface area contributed by atoms with Gasteiger partial charge >= 0.3 is 0 Å². The monoisotopic (exact) mass is 239 g/mol. The first-order valence-corrected chi connectivity index (χ1v) is 7.27. The zero-order valence-corrected chi connectivity index (χ0v) is 11.4. The molecule has 100 valence electrons. The van der Waals surface area contributed by atoms with Crippen molar-refractivity contribution in [1.29, 1.82) is 5.41 Å². The highest BCUT2D eigenvalue weighted by molar-refractivity contribution is 5.76. The molecule has 1 heterocycles. The third kappa shape index (κ3) is 6.67. The van der Waals surface area contributed by atoms with Gasteiger partial charge in [0.05, 0.1) is 5.84 Å². The van der Waals surface area contributed by atoms with E-state index in [1.165, 1.54) is 58.2 Å². The summed E-state index contributed by atoms with van der Waals surface area (Å²) in [6.07, 6.45) is 9.98.